The third kappa shape index (κ3) is 3.16. The Morgan fingerprint density at radius 3 is 1.90 bits per heavy atom. The Bertz CT molecular complexity index is 127. The first-order chi connectivity index (χ1) is 4.36. The fourth-order valence-corrected chi connectivity index (χ4v) is 1.40. The Kier molecular flexibility index (Phi) is 3.29. The second-order valence-electron chi connectivity index (χ2n) is 3.76. The van der Waals surface area contributed by atoms with Crippen LogP contribution in [0.1, 0.15) is 27.2 Å². The van der Waals surface area contributed by atoms with Gasteiger partial charge in [-0.15, -0.1) is 0 Å². The lowest BCUT2D eigenvalue weighted by Gasteiger charge is -2.26. The van der Waals surface area contributed by atoms with Gasteiger partial charge in [-0.25, -0.2) is 0 Å². The molecule has 0 aliphatic rings. The Hall–Kier alpha value is -0.113. The van der Waals surface area contributed by atoms with Gasteiger partial charge in [-0.3, -0.25) is 0 Å². The van der Waals surface area contributed by atoms with E-state index in [1.807, 2.05) is 0 Å². The molecule has 0 aliphatic carbocycles. The molecule has 1 radical (unpaired) electrons. The molecule has 0 aromatic heterocycles. The predicted molar refractivity (Wildman–Crippen MR) is 46.8 cm³/mol. The van der Waals surface area contributed by atoms with E-state index in [1.165, 1.54) is 0 Å². The third-order valence-electron chi connectivity index (χ3n) is 2.04. The second-order valence-corrected chi connectivity index (χ2v) is 7.12. The summed E-state index contributed by atoms with van der Waals surface area (Å²) in [6, 6.07) is 0. The molecule has 1 nitrogen and oxygen atoms in total. The summed E-state index contributed by atoms with van der Waals surface area (Å²) < 4.78 is 0. The highest BCUT2D eigenvalue weighted by atomic mass is 28.3. The fraction of sp³-hybridized carbons (Fsp3) is 0.875. The summed E-state index contributed by atoms with van der Waals surface area (Å²) in [6.07, 6.45) is 0.744. The number of hydrogen-bond donors (Lipinski definition) is 0. The Morgan fingerprint density at radius 2 is 1.80 bits per heavy atom. The minimum absolute atomic E-state index is 0.274. The van der Waals surface area contributed by atoms with Gasteiger partial charge in [0.1, 0.15) is 5.78 Å². The molecular weight excluding hydrogens is 140 g/mol. The maximum absolute atomic E-state index is 10.8. The second kappa shape index (κ2) is 3.33. The van der Waals surface area contributed by atoms with Crippen LogP contribution in [0.3, 0.4) is 0 Å². The average Bonchev–Trinajstić information content (AvgIpc) is 1.60. The van der Waals surface area contributed by atoms with Crippen molar-refractivity contribution in [3.8, 4) is 0 Å². The van der Waals surface area contributed by atoms with Crippen molar-refractivity contribution in [3.63, 3.8) is 0 Å². The van der Waals surface area contributed by atoms with Gasteiger partial charge in [0.05, 0.1) is 0 Å². The number of ketones is 1. The number of Topliss-reactive ketones (excluding diaryl/α,β-unsaturated/α-hetero) is 1. The normalized spacial score (nSPS) is 12.2. The van der Waals surface area contributed by atoms with Crippen molar-refractivity contribution in [2.75, 3.05) is 0 Å². The molecule has 0 fully saturated rings. The van der Waals surface area contributed by atoms with Crippen LogP contribution in [0.2, 0.25) is 18.1 Å². The quantitative estimate of drug-likeness (QED) is 0.575. The van der Waals surface area contributed by atoms with E-state index in [-0.39, 0.29) is 13.8 Å². The monoisotopic (exact) mass is 157 g/mol. The van der Waals surface area contributed by atoms with Crippen molar-refractivity contribution in [3.05, 3.63) is 0 Å². The molecule has 10 heavy (non-hydrogen) atoms. The molecular formula is C8H17OSi. The van der Waals surface area contributed by atoms with E-state index in [0.29, 0.717) is 5.78 Å². The number of rotatable bonds is 3. The first kappa shape index (κ1) is 9.89. The Balaban J connectivity index is 3.99. The van der Waals surface area contributed by atoms with Gasteiger partial charge < -0.3 is 4.79 Å². The van der Waals surface area contributed by atoms with Crippen LogP contribution in [0, 0.1) is 0 Å². The fourth-order valence-electron chi connectivity index (χ4n) is 0.799. The molecule has 0 aromatic carbocycles. The van der Waals surface area contributed by atoms with E-state index >= 15 is 0 Å². The molecule has 0 heterocycles. The highest BCUT2D eigenvalue weighted by Crippen LogP contribution is 2.32. The van der Waals surface area contributed by atoms with Crippen molar-refractivity contribution < 1.29 is 4.79 Å². The maximum atomic E-state index is 10.8. The van der Waals surface area contributed by atoms with Crippen LogP contribution in [0.4, 0.5) is 0 Å². The lowest BCUT2D eigenvalue weighted by molar-refractivity contribution is -0.117. The average molecular weight is 157 g/mol. The molecule has 0 N–H and O–H groups in total. The lowest BCUT2D eigenvalue weighted by atomic mass is 10.1. The van der Waals surface area contributed by atoms with Crippen LogP contribution in [0.15, 0.2) is 0 Å². The van der Waals surface area contributed by atoms with E-state index in [1.54, 1.807) is 6.92 Å². The summed E-state index contributed by atoms with van der Waals surface area (Å²) in [5.41, 5.74) is 0. The maximum Gasteiger partial charge on any atom is 0.130 e. The van der Waals surface area contributed by atoms with Crippen LogP contribution in [-0.2, 0) is 4.79 Å². The molecule has 0 rings (SSSR count). The first-order valence-corrected chi connectivity index (χ1v) is 6.16. The van der Waals surface area contributed by atoms with Gasteiger partial charge in [-0.1, -0.05) is 26.9 Å². The summed E-state index contributed by atoms with van der Waals surface area (Å²) in [5.74, 6) is 0.316. The van der Waals surface area contributed by atoms with Crippen LogP contribution >= 0.6 is 0 Å². The zero-order valence-corrected chi connectivity index (χ0v) is 8.62. The van der Waals surface area contributed by atoms with Crippen molar-refractivity contribution >= 4 is 14.6 Å². The standard InChI is InChI=1S/C8H17OSi/c1-7(9)6-8(2,3)10(4)5/h6H2,1-5H3. The first-order valence-electron chi connectivity index (χ1n) is 3.66. The highest BCUT2D eigenvalue weighted by Gasteiger charge is 2.24. The van der Waals surface area contributed by atoms with Crippen molar-refractivity contribution in [1.82, 2.24) is 0 Å². The van der Waals surface area contributed by atoms with Crippen LogP contribution in [-0.4, -0.2) is 14.6 Å². The SMILES string of the molecule is CC(=O)CC(C)(C)[Si](C)C. The highest BCUT2D eigenvalue weighted by molar-refractivity contribution is 6.59. The van der Waals surface area contributed by atoms with Gasteiger partial charge in [-0.05, 0) is 12.0 Å². The van der Waals surface area contributed by atoms with Gasteiger partial charge in [0.25, 0.3) is 0 Å². The van der Waals surface area contributed by atoms with Crippen LogP contribution < -0.4 is 0 Å². The summed E-state index contributed by atoms with van der Waals surface area (Å²) in [5, 5.41) is 0.274. The number of carbonyl (C=O) groups excluding carboxylic acids is 1. The largest absolute Gasteiger partial charge is 0.300 e. The van der Waals surface area contributed by atoms with Crippen molar-refractivity contribution in [2.45, 2.75) is 45.3 Å². The molecule has 0 atom stereocenters. The molecule has 0 aromatic rings. The lowest BCUT2D eigenvalue weighted by Crippen LogP contribution is -2.23. The van der Waals surface area contributed by atoms with Gasteiger partial charge >= 0.3 is 0 Å². The molecule has 0 aliphatic heterocycles. The van der Waals surface area contributed by atoms with E-state index in [0.717, 1.165) is 6.42 Å². The molecule has 0 unspecified atom stereocenters. The topological polar surface area (TPSA) is 17.1 Å². The zero-order valence-electron chi connectivity index (χ0n) is 7.62. The van der Waals surface area contributed by atoms with Crippen LogP contribution in [0.25, 0.3) is 0 Å². The van der Waals surface area contributed by atoms with E-state index in [2.05, 4.69) is 26.9 Å². The van der Waals surface area contributed by atoms with E-state index in [9.17, 15) is 4.79 Å². The smallest absolute Gasteiger partial charge is 0.130 e. The molecule has 0 saturated carbocycles. The van der Waals surface area contributed by atoms with Gasteiger partial charge in [-0.2, -0.15) is 0 Å². The molecule has 0 saturated heterocycles. The molecule has 2 heteroatoms. The van der Waals surface area contributed by atoms with Gasteiger partial charge in [0.15, 0.2) is 0 Å². The zero-order chi connectivity index (χ0) is 8.36. The third-order valence-corrected chi connectivity index (χ3v) is 4.93. The number of carbonyl (C=O) groups is 1. The number of hydrogen-bond acceptors (Lipinski definition) is 1. The summed E-state index contributed by atoms with van der Waals surface area (Å²) in [7, 11) is -0.327. The Morgan fingerprint density at radius 1 is 1.40 bits per heavy atom. The Labute approximate surface area is 65.4 Å². The van der Waals surface area contributed by atoms with Crippen LogP contribution in [0.5, 0.6) is 0 Å². The molecule has 0 amide bonds. The van der Waals surface area contributed by atoms with E-state index < -0.39 is 0 Å². The summed E-state index contributed by atoms with van der Waals surface area (Å²) in [4.78, 5) is 10.8. The summed E-state index contributed by atoms with van der Waals surface area (Å²) in [6.45, 7) is 10.6. The summed E-state index contributed by atoms with van der Waals surface area (Å²) >= 11 is 0. The van der Waals surface area contributed by atoms with E-state index in [4.69, 9.17) is 0 Å². The molecule has 0 spiro atoms. The molecule has 0 bridgehead atoms. The van der Waals surface area contributed by atoms with Crippen molar-refractivity contribution in [2.24, 2.45) is 0 Å². The predicted octanol–water partition coefficient (Wildman–Crippen LogP) is 2.50. The van der Waals surface area contributed by atoms with Crippen molar-refractivity contribution in [1.29, 1.82) is 0 Å². The minimum Gasteiger partial charge on any atom is -0.300 e. The van der Waals surface area contributed by atoms with Gasteiger partial charge in [0.2, 0.25) is 0 Å². The van der Waals surface area contributed by atoms with Gasteiger partial charge in [0, 0.05) is 15.2 Å². The minimum atomic E-state index is -0.327. The molecule has 59 valence electrons.